The minimum absolute atomic E-state index is 0.00600. The van der Waals surface area contributed by atoms with E-state index in [1.54, 1.807) is 41.6 Å². The van der Waals surface area contributed by atoms with E-state index in [-0.39, 0.29) is 35.6 Å². The minimum atomic E-state index is -0.269. The normalized spacial score (nSPS) is 23.5. The van der Waals surface area contributed by atoms with Crippen molar-refractivity contribution in [3.8, 4) is 6.07 Å². The zero-order valence-corrected chi connectivity index (χ0v) is 20.4. The lowest BCUT2D eigenvalue weighted by Gasteiger charge is -2.35. The molecule has 4 atom stereocenters. The Morgan fingerprint density at radius 2 is 2.14 bits per heavy atom. The van der Waals surface area contributed by atoms with Gasteiger partial charge in [0.25, 0.3) is 11.5 Å². The Hall–Kier alpha value is -3.91. The maximum Gasteiger partial charge on any atom is 0.274 e. The molecule has 5 rings (SSSR count). The number of nitrogens with zero attached hydrogens (tertiary/aromatic N) is 5. The van der Waals surface area contributed by atoms with Crippen molar-refractivity contribution in [1.29, 1.82) is 5.26 Å². The van der Waals surface area contributed by atoms with Crippen molar-refractivity contribution in [2.24, 2.45) is 5.92 Å². The second kappa shape index (κ2) is 9.99. The van der Waals surface area contributed by atoms with Crippen LogP contribution in [0.4, 0.5) is 17.3 Å². The lowest BCUT2D eigenvalue weighted by Crippen LogP contribution is -2.51. The van der Waals surface area contributed by atoms with Gasteiger partial charge in [-0.3, -0.25) is 9.59 Å². The summed E-state index contributed by atoms with van der Waals surface area (Å²) in [7, 11) is 3.40. The van der Waals surface area contributed by atoms with Gasteiger partial charge in [0, 0.05) is 38.4 Å². The van der Waals surface area contributed by atoms with Crippen LogP contribution in [-0.4, -0.2) is 51.4 Å². The molecule has 1 amide bonds. The molecule has 3 heterocycles. The predicted octanol–water partition coefficient (Wildman–Crippen LogP) is 2.84. The number of nitrogens with one attached hydrogen (secondary N) is 3. The number of pyridine rings is 1. The summed E-state index contributed by atoms with van der Waals surface area (Å²) in [5, 5.41) is 22.9. The summed E-state index contributed by atoms with van der Waals surface area (Å²) in [5.74, 6) is 0.725. The number of fused-ring (bicyclic) bond motifs is 1. The number of hydrogen-bond acceptors (Lipinski definition) is 8. The molecule has 2 aliphatic rings. The summed E-state index contributed by atoms with van der Waals surface area (Å²) in [4.78, 5) is 30.9. The molecule has 0 spiro atoms. The highest BCUT2D eigenvalue weighted by molar-refractivity contribution is 6.00. The van der Waals surface area contributed by atoms with Crippen LogP contribution in [0.2, 0.25) is 0 Å². The van der Waals surface area contributed by atoms with Crippen LogP contribution < -0.4 is 21.5 Å². The average molecular weight is 491 g/mol. The molecule has 2 fully saturated rings. The van der Waals surface area contributed by atoms with Crippen molar-refractivity contribution in [2.75, 3.05) is 24.8 Å². The van der Waals surface area contributed by atoms with Crippen LogP contribution in [0.15, 0.2) is 35.4 Å². The topological polar surface area (TPSA) is 138 Å². The van der Waals surface area contributed by atoms with Crippen LogP contribution in [0.1, 0.15) is 54.9 Å². The van der Waals surface area contributed by atoms with Gasteiger partial charge in [0.2, 0.25) is 0 Å². The van der Waals surface area contributed by atoms with E-state index < -0.39 is 0 Å². The number of amides is 1. The van der Waals surface area contributed by atoms with Crippen molar-refractivity contribution in [2.45, 2.75) is 56.7 Å². The van der Waals surface area contributed by atoms with E-state index in [0.717, 1.165) is 32.1 Å². The lowest BCUT2D eigenvalue weighted by atomic mass is 9.86. The second-order valence-corrected chi connectivity index (χ2v) is 9.41. The Morgan fingerprint density at radius 3 is 2.86 bits per heavy atom. The predicted molar refractivity (Wildman–Crippen MR) is 134 cm³/mol. The van der Waals surface area contributed by atoms with Crippen LogP contribution >= 0.6 is 0 Å². The van der Waals surface area contributed by atoms with Crippen molar-refractivity contribution >= 4 is 28.9 Å². The third-order valence-corrected chi connectivity index (χ3v) is 7.26. The number of anilines is 3. The zero-order valence-electron chi connectivity index (χ0n) is 20.4. The Bertz CT molecular complexity index is 1370. The van der Waals surface area contributed by atoms with Gasteiger partial charge in [0.15, 0.2) is 5.65 Å². The maximum absolute atomic E-state index is 13.3. The van der Waals surface area contributed by atoms with Crippen LogP contribution in [0, 0.1) is 17.2 Å². The summed E-state index contributed by atoms with van der Waals surface area (Å²) in [6, 6.07) is 7.57. The molecule has 0 bridgehead atoms. The highest BCUT2D eigenvalue weighted by Gasteiger charge is 2.33. The SMILES string of the molecule is CNc1cc(Nc2cccn([C@@H]3CCC[C@H](C#N)C3)c2=O)nc2c(C(=O)N[C@H]3CC[C@@H]3OC)cnn12. The van der Waals surface area contributed by atoms with E-state index >= 15 is 0 Å². The Balaban J connectivity index is 1.44. The van der Waals surface area contributed by atoms with Crippen LogP contribution in [0.25, 0.3) is 5.65 Å². The fraction of sp³-hybridized carbons (Fsp3) is 0.480. The molecule has 0 unspecified atom stereocenters. The molecule has 2 aliphatic carbocycles. The van der Waals surface area contributed by atoms with Gasteiger partial charge in [0.1, 0.15) is 22.9 Å². The molecule has 188 valence electrons. The maximum atomic E-state index is 13.3. The molecular formula is C25H30N8O3. The molecule has 2 saturated carbocycles. The Labute approximate surface area is 208 Å². The van der Waals surface area contributed by atoms with Crippen molar-refractivity contribution < 1.29 is 9.53 Å². The quantitative estimate of drug-likeness (QED) is 0.460. The Kier molecular flexibility index (Phi) is 6.61. The molecule has 0 saturated heterocycles. The van der Waals surface area contributed by atoms with Crippen LogP contribution in [-0.2, 0) is 4.74 Å². The number of nitriles is 1. The monoisotopic (exact) mass is 490 g/mol. The third-order valence-electron chi connectivity index (χ3n) is 7.26. The molecule has 11 nitrogen and oxygen atoms in total. The molecule has 3 aromatic rings. The first-order chi connectivity index (χ1) is 17.5. The van der Waals surface area contributed by atoms with E-state index in [4.69, 9.17) is 4.74 Å². The molecule has 11 heteroatoms. The molecule has 3 N–H and O–H groups in total. The minimum Gasteiger partial charge on any atom is -0.379 e. The summed E-state index contributed by atoms with van der Waals surface area (Å²) in [6.07, 6.45) is 8.41. The first-order valence-electron chi connectivity index (χ1n) is 12.3. The van der Waals surface area contributed by atoms with Crippen LogP contribution in [0.5, 0.6) is 0 Å². The first-order valence-corrected chi connectivity index (χ1v) is 12.3. The van der Waals surface area contributed by atoms with Gasteiger partial charge in [-0.1, -0.05) is 6.42 Å². The second-order valence-electron chi connectivity index (χ2n) is 9.41. The molecule has 3 aromatic heterocycles. The van der Waals surface area contributed by atoms with E-state index in [9.17, 15) is 14.9 Å². The zero-order chi connectivity index (χ0) is 25.2. The van der Waals surface area contributed by atoms with E-state index in [2.05, 4.69) is 32.1 Å². The molecule has 36 heavy (non-hydrogen) atoms. The van der Waals surface area contributed by atoms with Gasteiger partial charge >= 0.3 is 0 Å². The third kappa shape index (κ3) is 4.40. The molecular weight excluding hydrogens is 460 g/mol. The van der Waals surface area contributed by atoms with Gasteiger partial charge in [-0.25, -0.2) is 4.98 Å². The highest BCUT2D eigenvalue weighted by Crippen LogP contribution is 2.31. The Morgan fingerprint density at radius 1 is 1.28 bits per heavy atom. The van der Waals surface area contributed by atoms with Gasteiger partial charge in [-0.05, 0) is 44.2 Å². The van der Waals surface area contributed by atoms with E-state index in [0.29, 0.717) is 35.0 Å². The standard InChI is InChI=1S/C25H30N8O3/c1-27-22-12-21(29-19-7-4-10-32(25(19)35)16-6-3-5-15(11-16)13-26)31-23-17(14-28-33(22)23)24(34)30-18-8-9-20(18)36-2/h4,7,10,12,14-16,18,20,27H,3,5-6,8-9,11H2,1-2H3,(H,29,31)(H,30,34)/t15-,16+,18-,20-/m0/s1. The number of carbonyl (C=O) groups excluding carboxylic acids is 1. The summed E-state index contributed by atoms with van der Waals surface area (Å²) in [5.41, 5.74) is 0.914. The summed E-state index contributed by atoms with van der Waals surface area (Å²) in [6.45, 7) is 0. The van der Waals surface area contributed by atoms with Crippen LogP contribution in [0.3, 0.4) is 0 Å². The number of hydrogen-bond donors (Lipinski definition) is 3. The number of rotatable bonds is 7. The number of methoxy groups -OCH3 is 1. The smallest absolute Gasteiger partial charge is 0.274 e. The van der Waals surface area contributed by atoms with Crippen molar-refractivity contribution in [3.05, 3.63) is 46.5 Å². The van der Waals surface area contributed by atoms with Crippen molar-refractivity contribution in [1.82, 2.24) is 24.5 Å². The molecule has 0 aromatic carbocycles. The van der Waals surface area contributed by atoms with E-state index in [1.807, 2.05) is 6.07 Å². The summed E-state index contributed by atoms with van der Waals surface area (Å²) < 4.78 is 8.66. The average Bonchev–Trinajstić information content (AvgIpc) is 3.31. The van der Waals surface area contributed by atoms with E-state index in [1.165, 1.54) is 6.20 Å². The lowest BCUT2D eigenvalue weighted by molar-refractivity contribution is 0.00732. The van der Waals surface area contributed by atoms with Gasteiger partial charge in [-0.2, -0.15) is 14.9 Å². The van der Waals surface area contributed by atoms with Gasteiger partial charge < -0.3 is 25.3 Å². The summed E-state index contributed by atoms with van der Waals surface area (Å²) >= 11 is 0. The van der Waals surface area contributed by atoms with Gasteiger partial charge in [0.05, 0.1) is 24.4 Å². The van der Waals surface area contributed by atoms with Gasteiger partial charge in [-0.15, -0.1) is 0 Å². The number of aromatic nitrogens is 4. The highest BCUT2D eigenvalue weighted by atomic mass is 16.5. The number of carbonyl (C=O) groups is 1. The molecule has 0 radical (unpaired) electrons. The fourth-order valence-corrected chi connectivity index (χ4v) is 5.09. The van der Waals surface area contributed by atoms with Crippen molar-refractivity contribution in [3.63, 3.8) is 0 Å². The largest absolute Gasteiger partial charge is 0.379 e. The molecule has 0 aliphatic heterocycles. The fourth-order valence-electron chi connectivity index (χ4n) is 5.09. The first kappa shape index (κ1) is 23.8. The number of ether oxygens (including phenoxy) is 1.